The van der Waals surface area contributed by atoms with E-state index in [9.17, 15) is 18.8 Å². The normalized spacial score (nSPS) is 26.8. The fourth-order valence-electron chi connectivity index (χ4n) is 2.34. The molecule has 4 atom stereocenters. The molecule has 1 aromatic rings. The Morgan fingerprint density at radius 3 is 2.43 bits per heavy atom. The minimum absolute atomic E-state index is 0.558. The highest BCUT2D eigenvalue weighted by molar-refractivity contribution is 5.67. The largest absolute Gasteiger partial charge is 0.456 e. The number of esters is 2. The van der Waals surface area contributed by atoms with Crippen LogP contribution in [0.15, 0.2) is 11.0 Å². The Kier molecular flexibility index (Phi) is 4.64. The monoisotopic (exact) mass is 329 g/mol. The van der Waals surface area contributed by atoms with Gasteiger partial charge in [0.1, 0.15) is 0 Å². The first-order valence-electron chi connectivity index (χ1n) is 6.74. The van der Waals surface area contributed by atoms with E-state index in [2.05, 4.69) is 4.98 Å². The van der Waals surface area contributed by atoms with Crippen molar-refractivity contribution in [1.29, 1.82) is 0 Å². The van der Waals surface area contributed by atoms with E-state index < -0.39 is 53.8 Å². The number of aromatic nitrogens is 2. The molecule has 0 unspecified atom stereocenters. The van der Waals surface area contributed by atoms with E-state index in [4.69, 9.17) is 19.9 Å². The molecule has 2 rings (SSSR count). The Hall–Kier alpha value is -2.49. The summed E-state index contributed by atoms with van der Waals surface area (Å²) in [6.07, 6.45) is -3.17. The number of carbonyl (C=O) groups excluding carboxylic acids is 2. The third-order valence-electron chi connectivity index (χ3n) is 3.23. The van der Waals surface area contributed by atoms with Crippen LogP contribution in [0.2, 0.25) is 0 Å². The van der Waals surface area contributed by atoms with Gasteiger partial charge in [-0.3, -0.25) is 14.2 Å². The third kappa shape index (κ3) is 3.47. The number of anilines is 1. The van der Waals surface area contributed by atoms with Crippen LogP contribution in [0.1, 0.15) is 27.0 Å². The van der Waals surface area contributed by atoms with Crippen molar-refractivity contribution >= 4 is 17.8 Å². The molecule has 1 aliphatic rings. The van der Waals surface area contributed by atoms with Crippen LogP contribution in [-0.2, 0) is 23.8 Å². The van der Waals surface area contributed by atoms with E-state index in [1.54, 1.807) is 6.92 Å². The molecule has 0 bridgehead atoms. The lowest BCUT2D eigenvalue weighted by molar-refractivity contribution is -0.165. The molecule has 1 saturated heterocycles. The van der Waals surface area contributed by atoms with E-state index in [1.807, 2.05) is 0 Å². The Bertz CT molecular complexity index is 691. The van der Waals surface area contributed by atoms with E-state index >= 15 is 0 Å². The van der Waals surface area contributed by atoms with Gasteiger partial charge in [0.2, 0.25) is 0 Å². The summed E-state index contributed by atoms with van der Waals surface area (Å²) in [6.45, 7) is 3.90. The van der Waals surface area contributed by atoms with Crippen LogP contribution in [0.4, 0.5) is 10.2 Å². The summed E-state index contributed by atoms with van der Waals surface area (Å²) in [7, 11) is 0. The maximum absolute atomic E-state index is 13.6. The SMILES string of the molecule is CC(=O)O[C@H]1[C@H](OC(C)=O)[C@@H](C)O[C@H]1n1cc(F)c(N)nc1=O. The van der Waals surface area contributed by atoms with Crippen molar-refractivity contribution < 1.29 is 28.2 Å². The molecule has 0 radical (unpaired) electrons. The molecule has 1 aliphatic heterocycles. The molecule has 0 saturated carbocycles. The average molecular weight is 329 g/mol. The quantitative estimate of drug-likeness (QED) is 0.753. The van der Waals surface area contributed by atoms with E-state index in [0.29, 0.717) is 0 Å². The summed E-state index contributed by atoms with van der Waals surface area (Å²) < 4.78 is 30.1. The lowest BCUT2D eigenvalue weighted by atomic mass is 10.1. The zero-order valence-electron chi connectivity index (χ0n) is 12.7. The average Bonchev–Trinajstić information content (AvgIpc) is 2.70. The fraction of sp³-hybridized carbons (Fsp3) is 0.538. The van der Waals surface area contributed by atoms with Crippen LogP contribution < -0.4 is 11.4 Å². The van der Waals surface area contributed by atoms with Crippen molar-refractivity contribution in [2.75, 3.05) is 5.73 Å². The highest BCUT2D eigenvalue weighted by Crippen LogP contribution is 2.33. The van der Waals surface area contributed by atoms with Crippen molar-refractivity contribution in [2.24, 2.45) is 0 Å². The lowest BCUT2D eigenvalue weighted by Gasteiger charge is -2.23. The smallest absolute Gasteiger partial charge is 0.351 e. The molecule has 10 heteroatoms. The van der Waals surface area contributed by atoms with E-state index in [1.165, 1.54) is 6.92 Å². The standard InChI is InChI=1S/C13H16FN3O6/c1-5-9(22-6(2)18)10(23-7(3)19)12(21-5)17-4-8(14)11(15)16-13(17)20/h4-5,9-10,12H,1-3H3,(H2,15,16,20)/t5-,9-,10+,12-/m1/s1. The number of carbonyl (C=O) groups is 2. The van der Waals surface area contributed by atoms with E-state index in [-0.39, 0.29) is 0 Å². The third-order valence-corrected chi connectivity index (χ3v) is 3.23. The molecular weight excluding hydrogens is 313 g/mol. The van der Waals surface area contributed by atoms with Crippen LogP contribution in [0.3, 0.4) is 0 Å². The number of halogens is 1. The van der Waals surface area contributed by atoms with Gasteiger partial charge in [-0.25, -0.2) is 9.18 Å². The first kappa shape index (κ1) is 16.9. The molecule has 0 spiro atoms. The van der Waals surface area contributed by atoms with Gasteiger partial charge in [0.05, 0.1) is 12.3 Å². The van der Waals surface area contributed by atoms with Crippen LogP contribution in [-0.4, -0.2) is 39.8 Å². The minimum atomic E-state index is -1.20. The van der Waals surface area contributed by atoms with Gasteiger partial charge in [0, 0.05) is 13.8 Å². The second kappa shape index (κ2) is 6.32. The Morgan fingerprint density at radius 1 is 1.30 bits per heavy atom. The van der Waals surface area contributed by atoms with Crippen LogP contribution in [0.5, 0.6) is 0 Å². The van der Waals surface area contributed by atoms with Crippen molar-refractivity contribution in [1.82, 2.24) is 9.55 Å². The number of hydrogen-bond acceptors (Lipinski definition) is 8. The van der Waals surface area contributed by atoms with Crippen LogP contribution >= 0.6 is 0 Å². The zero-order chi connectivity index (χ0) is 17.3. The van der Waals surface area contributed by atoms with Crippen molar-refractivity contribution in [3.8, 4) is 0 Å². The number of ether oxygens (including phenoxy) is 3. The van der Waals surface area contributed by atoms with E-state index in [0.717, 1.165) is 17.7 Å². The van der Waals surface area contributed by atoms with Gasteiger partial charge in [0.25, 0.3) is 0 Å². The van der Waals surface area contributed by atoms with Gasteiger partial charge in [-0.15, -0.1) is 0 Å². The molecule has 0 aliphatic carbocycles. The van der Waals surface area contributed by atoms with Gasteiger partial charge in [-0.2, -0.15) is 4.98 Å². The summed E-state index contributed by atoms with van der Waals surface area (Å²) in [6, 6.07) is 0. The predicted molar refractivity (Wildman–Crippen MR) is 73.6 cm³/mol. The topological polar surface area (TPSA) is 123 Å². The van der Waals surface area contributed by atoms with Crippen LogP contribution in [0.25, 0.3) is 0 Å². The summed E-state index contributed by atoms with van der Waals surface area (Å²) >= 11 is 0. The minimum Gasteiger partial charge on any atom is -0.456 e. The second-order valence-corrected chi connectivity index (χ2v) is 5.04. The number of nitrogens with zero attached hydrogens (tertiary/aromatic N) is 2. The predicted octanol–water partition coefficient (Wildman–Crippen LogP) is -0.255. The zero-order valence-corrected chi connectivity index (χ0v) is 12.7. The second-order valence-electron chi connectivity index (χ2n) is 5.04. The Balaban J connectivity index is 2.43. The molecule has 9 nitrogen and oxygen atoms in total. The Labute approximate surface area is 130 Å². The van der Waals surface area contributed by atoms with Gasteiger partial charge >= 0.3 is 17.6 Å². The number of hydrogen-bond donors (Lipinski definition) is 1. The maximum atomic E-state index is 13.6. The van der Waals surface area contributed by atoms with Crippen molar-refractivity contribution in [3.63, 3.8) is 0 Å². The summed E-state index contributed by atoms with van der Waals surface area (Å²) in [5.74, 6) is -2.78. The molecule has 0 amide bonds. The van der Waals surface area contributed by atoms with Crippen LogP contribution in [0, 0.1) is 5.82 Å². The molecule has 1 fully saturated rings. The van der Waals surface area contributed by atoms with Crippen molar-refractivity contribution in [3.05, 3.63) is 22.5 Å². The highest BCUT2D eigenvalue weighted by atomic mass is 19.1. The first-order valence-corrected chi connectivity index (χ1v) is 6.74. The maximum Gasteiger partial charge on any atom is 0.351 e. The highest BCUT2D eigenvalue weighted by Gasteiger charge is 2.48. The van der Waals surface area contributed by atoms with Gasteiger partial charge in [-0.05, 0) is 6.92 Å². The Morgan fingerprint density at radius 2 is 1.87 bits per heavy atom. The van der Waals surface area contributed by atoms with Gasteiger partial charge < -0.3 is 19.9 Å². The molecule has 23 heavy (non-hydrogen) atoms. The van der Waals surface area contributed by atoms with Gasteiger partial charge in [-0.1, -0.05) is 0 Å². The molecule has 2 heterocycles. The van der Waals surface area contributed by atoms with Gasteiger partial charge in [0.15, 0.2) is 30.1 Å². The first-order chi connectivity index (χ1) is 10.7. The summed E-state index contributed by atoms with van der Waals surface area (Å²) in [5, 5.41) is 0. The number of nitrogens with two attached hydrogens (primary N) is 1. The fourth-order valence-corrected chi connectivity index (χ4v) is 2.34. The molecule has 1 aromatic heterocycles. The molecule has 0 aromatic carbocycles. The molecule has 126 valence electrons. The number of rotatable bonds is 3. The lowest BCUT2D eigenvalue weighted by Crippen LogP contribution is -2.40. The summed E-state index contributed by atoms with van der Waals surface area (Å²) in [5.41, 5.74) is 4.34. The number of nitrogen functional groups attached to an aromatic ring is 1. The molecular formula is C13H16FN3O6. The summed E-state index contributed by atoms with van der Waals surface area (Å²) in [4.78, 5) is 37.8. The molecule has 2 N–H and O–H groups in total. The van der Waals surface area contributed by atoms with Crippen molar-refractivity contribution in [2.45, 2.75) is 45.3 Å².